The van der Waals surface area contributed by atoms with Crippen LogP contribution in [0.4, 0.5) is 0 Å². The van der Waals surface area contributed by atoms with Crippen molar-refractivity contribution in [1.29, 1.82) is 0 Å². The van der Waals surface area contributed by atoms with E-state index in [1.807, 2.05) is 0 Å². The minimum Gasteiger partial charge on any atom is -0.258 e. The van der Waals surface area contributed by atoms with E-state index in [2.05, 4.69) is 13.2 Å². The quantitative estimate of drug-likeness (QED) is 0.294. The molecule has 0 atom stereocenters. The summed E-state index contributed by atoms with van der Waals surface area (Å²) in [4.78, 5) is 19.3. The van der Waals surface area contributed by atoms with Gasteiger partial charge in [-0.15, -0.1) is 0 Å². The second-order valence-electron chi connectivity index (χ2n) is 2.70. The minimum atomic E-state index is -0.812. The topological polar surface area (TPSA) is 86.3 Å². The van der Waals surface area contributed by atoms with Crippen molar-refractivity contribution in [1.82, 2.24) is 0 Å². The molecular formula is C9H9BN2O4. The van der Waals surface area contributed by atoms with Crippen LogP contribution in [0.3, 0.4) is 0 Å². The van der Waals surface area contributed by atoms with Crippen LogP contribution in [0.2, 0.25) is 6.32 Å². The lowest BCUT2D eigenvalue weighted by atomic mass is 9.96. The Morgan fingerprint density at radius 1 is 1.25 bits per heavy atom. The maximum atomic E-state index is 10.6. The van der Waals surface area contributed by atoms with Crippen LogP contribution in [-0.4, -0.2) is 17.7 Å². The van der Waals surface area contributed by atoms with Gasteiger partial charge in [0.05, 0.1) is 23.8 Å². The number of rotatable bonds is 6. The molecular weight excluding hydrogens is 211 g/mol. The molecule has 7 heteroatoms. The Morgan fingerprint density at radius 3 is 2.12 bits per heavy atom. The zero-order valence-corrected chi connectivity index (χ0v) is 8.46. The number of hydrogen-bond donors (Lipinski definition) is 0. The van der Waals surface area contributed by atoms with Crippen molar-refractivity contribution in [2.75, 3.05) is 0 Å². The lowest BCUT2D eigenvalue weighted by Gasteiger charge is -1.95. The van der Waals surface area contributed by atoms with Gasteiger partial charge in [-0.2, -0.15) is 0 Å². The molecule has 0 fully saturated rings. The van der Waals surface area contributed by atoms with Crippen molar-refractivity contribution in [3.05, 3.63) is 68.6 Å². The van der Waals surface area contributed by atoms with Crippen LogP contribution in [0.5, 0.6) is 0 Å². The van der Waals surface area contributed by atoms with Gasteiger partial charge >= 0.3 is 0 Å². The van der Waals surface area contributed by atoms with Gasteiger partial charge in [-0.25, -0.2) is 0 Å². The first-order valence-electron chi connectivity index (χ1n) is 4.14. The Kier molecular flexibility index (Phi) is 5.47. The fourth-order valence-corrected chi connectivity index (χ4v) is 0.762. The van der Waals surface area contributed by atoms with Gasteiger partial charge in [-0.1, -0.05) is 24.5 Å². The number of nitro groups is 2. The lowest BCUT2D eigenvalue weighted by Crippen LogP contribution is -2.01. The maximum absolute atomic E-state index is 10.6. The van der Waals surface area contributed by atoms with Gasteiger partial charge in [-0.05, 0) is 6.58 Å². The molecule has 0 heterocycles. The molecule has 0 spiro atoms. The van der Waals surface area contributed by atoms with E-state index in [1.54, 1.807) is 0 Å². The van der Waals surface area contributed by atoms with Gasteiger partial charge in [0.25, 0.3) is 11.4 Å². The van der Waals surface area contributed by atoms with Gasteiger partial charge in [0.2, 0.25) is 0 Å². The van der Waals surface area contributed by atoms with E-state index in [0.717, 1.165) is 12.2 Å². The SMILES string of the molecule is [B]C/C(C=C)=C/C(=C\C(=C)[N+](=O)[O-])[N+](=O)[O-]. The highest BCUT2D eigenvalue weighted by Crippen LogP contribution is 2.10. The summed E-state index contributed by atoms with van der Waals surface area (Å²) in [5.74, 6) is 0. The zero-order chi connectivity index (χ0) is 12.7. The molecule has 0 rings (SSSR count). The van der Waals surface area contributed by atoms with Crippen LogP contribution >= 0.6 is 0 Å². The molecule has 0 unspecified atom stereocenters. The molecule has 16 heavy (non-hydrogen) atoms. The number of allylic oxidation sites excluding steroid dienone is 4. The second-order valence-corrected chi connectivity index (χ2v) is 2.70. The van der Waals surface area contributed by atoms with E-state index >= 15 is 0 Å². The fraction of sp³-hybridized carbons (Fsp3) is 0.111. The molecule has 0 aliphatic carbocycles. The van der Waals surface area contributed by atoms with E-state index in [1.165, 1.54) is 6.08 Å². The molecule has 2 radical (unpaired) electrons. The van der Waals surface area contributed by atoms with Crippen molar-refractivity contribution in [3.63, 3.8) is 0 Å². The van der Waals surface area contributed by atoms with E-state index in [-0.39, 0.29) is 6.32 Å². The predicted molar refractivity (Wildman–Crippen MR) is 60.1 cm³/mol. The third-order valence-corrected chi connectivity index (χ3v) is 1.59. The van der Waals surface area contributed by atoms with E-state index < -0.39 is 21.2 Å². The van der Waals surface area contributed by atoms with Crippen molar-refractivity contribution in [2.45, 2.75) is 6.32 Å². The van der Waals surface area contributed by atoms with Crippen LogP contribution in [0, 0.1) is 20.2 Å². The third-order valence-electron chi connectivity index (χ3n) is 1.59. The van der Waals surface area contributed by atoms with E-state index in [0.29, 0.717) is 5.57 Å². The third kappa shape index (κ3) is 4.36. The van der Waals surface area contributed by atoms with Gasteiger partial charge < -0.3 is 0 Å². The van der Waals surface area contributed by atoms with Crippen LogP contribution < -0.4 is 0 Å². The Labute approximate surface area is 93.4 Å². The summed E-state index contributed by atoms with van der Waals surface area (Å²) in [7, 11) is 5.28. The van der Waals surface area contributed by atoms with Gasteiger partial charge in [0, 0.05) is 6.08 Å². The Hall–Kier alpha value is -2.18. The fourth-order valence-electron chi connectivity index (χ4n) is 0.762. The highest BCUT2D eigenvalue weighted by molar-refractivity contribution is 6.10. The summed E-state index contributed by atoms with van der Waals surface area (Å²) in [6.45, 7) is 6.47. The van der Waals surface area contributed by atoms with E-state index in [4.69, 9.17) is 7.85 Å². The molecule has 0 aromatic rings. The molecule has 0 amide bonds. The molecule has 0 bridgehead atoms. The summed E-state index contributed by atoms with van der Waals surface area (Å²) in [6, 6.07) is 0. The van der Waals surface area contributed by atoms with Gasteiger partial charge in [0.1, 0.15) is 0 Å². The summed E-state index contributed by atoms with van der Waals surface area (Å²) in [5, 5.41) is 20.8. The Balaban J connectivity index is 5.25. The lowest BCUT2D eigenvalue weighted by molar-refractivity contribution is -0.430. The average molecular weight is 220 g/mol. The molecule has 6 nitrogen and oxygen atoms in total. The monoisotopic (exact) mass is 220 g/mol. The van der Waals surface area contributed by atoms with Crippen molar-refractivity contribution in [3.8, 4) is 0 Å². The van der Waals surface area contributed by atoms with Crippen LogP contribution in [0.1, 0.15) is 0 Å². The zero-order valence-electron chi connectivity index (χ0n) is 8.46. The van der Waals surface area contributed by atoms with Crippen LogP contribution in [0.15, 0.2) is 48.4 Å². The highest BCUT2D eigenvalue weighted by Gasteiger charge is 2.13. The molecule has 0 aromatic carbocycles. The summed E-state index contributed by atoms with van der Waals surface area (Å²) in [5.41, 5.74) is -0.621. The molecule has 82 valence electrons. The second kappa shape index (κ2) is 6.33. The van der Waals surface area contributed by atoms with E-state index in [9.17, 15) is 20.2 Å². The molecule has 0 saturated heterocycles. The average Bonchev–Trinajstić information content (AvgIpc) is 2.23. The first-order valence-corrected chi connectivity index (χ1v) is 4.14. The number of hydrogen-bond acceptors (Lipinski definition) is 4. The van der Waals surface area contributed by atoms with Gasteiger partial charge in [0.15, 0.2) is 0 Å². The Morgan fingerprint density at radius 2 is 1.81 bits per heavy atom. The predicted octanol–water partition coefficient (Wildman–Crippen LogP) is 1.64. The van der Waals surface area contributed by atoms with Crippen LogP contribution in [0.25, 0.3) is 0 Å². The molecule has 0 aliphatic rings. The first-order chi connectivity index (χ1) is 7.42. The minimum absolute atomic E-state index is 0.0552. The van der Waals surface area contributed by atoms with Crippen molar-refractivity contribution >= 4 is 7.85 Å². The molecule has 0 aromatic heterocycles. The summed E-state index contributed by atoms with van der Waals surface area (Å²) < 4.78 is 0. The normalized spacial score (nSPS) is 12.0. The molecule has 0 N–H and O–H groups in total. The maximum Gasteiger partial charge on any atom is 0.276 e. The van der Waals surface area contributed by atoms with Crippen molar-refractivity contribution < 1.29 is 9.85 Å². The summed E-state index contributed by atoms with van der Waals surface area (Å²) in [6.07, 6.45) is 3.27. The highest BCUT2D eigenvalue weighted by atomic mass is 16.6. The van der Waals surface area contributed by atoms with Crippen molar-refractivity contribution in [2.24, 2.45) is 0 Å². The molecule has 0 aliphatic heterocycles. The number of nitrogens with zero attached hydrogens (tertiary/aromatic N) is 2. The first kappa shape index (κ1) is 13.8. The smallest absolute Gasteiger partial charge is 0.258 e. The van der Waals surface area contributed by atoms with Crippen LogP contribution in [-0.2, 0) is 0 Å². The van der Waals surface area contributed by atoms with Gasteiger partial charge in [-0.3, -0.25) is 20.2 Å². The summed E-state index contributed by atoms with van der Waals surface area (Å²) >= 11 is 0. The Bertz CT molecular complexity index is 398. The standard InChI is InChI=1S/C9H9BN2O4/c1-3-8(6-10)5-9(12(15)16)4-7(2)11(13)14/h3-5H,1-2,6H2/b8-5+,9-4+. The largest absolute Gasteiger partial charge is 0.276 e. The molecule has 0 saturated carbocycles.